The molecule has 0 aromatic heterocycles. The number of hydrazine groups is 1. The molecule has 0 radical (unpaired) electrons. The molecule has 0 saturated carbocycles. The first kappa shape index (κ1) is 16.2. The highest BCUT2D eigenvalue weighted by Gasteiger charge is 2.19. The zero-order chi connectivity index (χ0) is 15.6. The van der Waals surface area contributed by atoms with E-state index < -0.39 is 17.7 Å². The summed E-state index contributed by atoms with van der Waals surface area (Å²) in [6, 6.07) is 6.91. The fourth-order valence-electron chi connectivity index (χ4n) is 2.10. The summed E-state index contributed by atoms with van der Waals surface area (Å²) in [4.78, 5) is 0. The van der Waals surface area contributed by atoms with Crippen LogP contribution in [0.3, 0.4) is 0 Å². The lowest BCUT2D eigenvalue weighted by molar-refractivity contribution is 0.502. The van der Waals surface area contributed by atoms with Gasteiger partial charge in [0.1, 0.15) is 11.6 Å². The Morgan fingerprint density at radius 3 is 2.43 bits per heavy atom. The van der Waals surface area contributed by atoms with E-state index in [-0.39, 0.29) is 10.6 Å². The second-order valence-corrected chi connectivity index (χ2v) is 5.62. The molecule has 0 fully saturated rings. The molecular weight excluding hydrogens is 317 g/mol. The van der Waals surface area contributed by atoms with E-state index >= 15 is 0 Å². The Balaban J connectivity index is 2.34. The van der Waals surface area contributed by atoms with E-state index in [1.54, 1.807) is 0 Å². The molecule has 6 heteroatoms. The molecule has 0 spiro atoms. The van der Waals surface area contributed by atoms with Gasteiger partial charge in [-0.2, -0.15) is 0 Å². The molecule has 0 aliphatic carbocycles. The standard InChI is InChI=1S/C15H14Cl2F2N2/c1-8-2-3-9(11(16)4-8)5-15(21-20)10-6-14(19)12(17)7-13(10)18/h2-4,6-7,15,21H,5,20H2,1H3. The number of halogens is 4. The van der Waals surface area contributed by atoms with Gasteiger partial charge in [-0.3, -0.25) is 11.3 Å². The summed E-state index contributed by atoms with van der Waals surface area (Å²) in [6.45, 7) is 1.92. The molecule has 1 unspecified atom stereocenters. The molecule has 21 heavy (non-hydrogen) atoms. The third kappa shape index (κ3) is 3.71. The highest BCUT2D eigenvalue weighted by atomic mass is 35.5. The summed E-state index contributed by atoms with van der Waals surface area (Å²) in [5, 5.41) is 0.297. The fourth-order valence-corrected chi connectivity index (χ4v) is 2.56. The van der Waals surface area contributed by atoms with Crippen molar-refractivity contribution in [3.63, 3.8) is 0 Å². The largest absolute Gasteiger partial charge is 0.271 e. The first-order valence-corrected chi connectivity index (χ1v) is 7.03. The van der Waals surface area contributed by atoms with Gasteiger partial charge in [0.2, 0.25) is 0 Å². The zero-order valence-electron chi connectivity index (χ0n) is 11.3. The Bertz CT molecular complexity index is 662. The van der Waals surface area contributed by atoms with Crippen molar-refractivity contribution in [2.24, 2.45) is 5.84 Å². The predicted octanol–water partition coefficient (Wildman–Crippen LogP) is 4.33. The van der Waals surface area contributed by atoms with Gasteiger partial charge in [0.25, 0.3) is 0 Å². The number of rotatable bonds is 4. The van der Waals surface area contributed by atoms with Crippen LogP contribution in [0.2, 0.25) is 10.0 Å². The normalized spacial score (nSPS) is 12.5. The maximum absolute atomic E-state index is 14.0. The van der Waals surface area contributed by atoms with Crippen molar-refractivity contribution in [2.75, 3.05) is 0 Å². The van der Waals surface area contributed by atoms with Gasteiger partial charge in [-0.15, -0.1) is 0 Å². The molecule has 0 amide bonds. The Labute approximate surface area is 131 Å². The van der Waals surface area contributed by atoms with Crippen LogP contribution in [0, 0.1) is 18.6 Å². The molecule has 2 aromatic carbocycles. The van der Waals surface area contributed by atoms with Gasteiger partial charge in [-0.05, 0) is 42.7 Å². The lowest BCUT2D eigenvalue weighted by Crippen LogP contribution is -2.30. The molecule has 0 saturated heterocycles. The molecular formula is C15H14Cl2F2N2. The summed E-state index contributed by atoms with van der Waals surface area (Å²) < 4.78 is 27.5. The van der Waals surface area contributed by atoms with Crippen molar-refractivity contribution in [1.82, 2.24) is 5.43 Å². The van der Waals surface area contributed by atoms with Crippen LogP contribution >= 0.6 is 23.2 Å². The maximum Gasteiger partial charge on any atom is 0.142 e. The number of hydrogen-bond donors (Lipinski definition) is 2. The minimum Gasteiger partial charge on any atom is -0.271 e. The van der Waals surface area contributed by atoms with Crippen LogP contribution in [-0.4, -0.2) is 0 Å². The van der Waals surface area contributed by atoms with E-state index in [1.807, 2.05) is 25.1 Å². The van der Waals surface area contributed by atoms with E-state index in [4.69, 9.17) is 29.0 Å². The smallest absolute Gasteiger partial charge is 0.142 e. The molecule has 0 aliphatic heterocycles. The van der Waals surface area contributed by atoms with Crippen molar-refractivity contribution < 1.29 is 8.78 Å². The number of nitrogens with two attached hydrogens (primary N) is 1. The first-order valence-electron chi connectivity index (χ1n) is 6.28. The summed E-state index contributed by atoms with van der Waals surface area (Å²) in [6.07, 6.45) is 0.327. The molecule has 3 N–H and O–H groups in total. The molecule has 2 aromatic rings. The van der Waals surface area contributed by atoms with Gasteiger partial charge in [0.05, 0.1) is 11.1 Å². The number of nitrogens with one attached hydrogen (secondary N) is 1. The minimum absolute atomic E-state index is 0.107. The van der Waals surface area contributed by atoms with Gasteiger partial charge in [0, 0.05) is 10.6 Å². The topological polar surface area (TPSA) is 38.0 Å². The monoisotopic (exact) mass is 330 g/mol. The Morgan fingerprint density at radius 2 is 1.81 bits per heavy atom. The molecule has 2 rings (SSSR count). The SMILES string of the molecule is Cc1ccc(CC(NN)c2cc(F)c(Cl)cc2F)c(Cl)c1. The second kappa shape index (κ2) is 6.71. The Kier molecular flexibility index (Phi) is 5.17. The lowest BCUT2D eigenvalue weighted by atomic mass is 9.98. The van der Waals surface area contributed by atoms with Crippen LogP contribution in [0.1, 0.15) is 22.7 Å². The van der Waals surface area contributed by atoms with Gasteiger partial charge in [-0.1, -0.05) is 35.3 Å². The van der Waals surface area contributed by atoms with Crippen molar-refractivity contribution in [2.45, 2.75) is 19.4 Å². The average Bonchev–Trinajstić information content (AvgIpc) is 2.43. The zero-order valence-corrected chi connectivity index (χ0v) is 12.8. The van der Waals surface area contributed by atoms with E-state index in [2.05, 4.69) is 5.43 Å². The summed E-state index contributed by atoms with van der Waals surface area (Å²) >= 11 is 11.7. The van der Waals surface area contributed by atoms with Crippen LogP contribution in [0.25, 0.3) is 0 Å². The van der Waals surface area contributed by atoms with Crippen molar-refractivity contribution in [1.29, 1.82) is 0 Å². The van der Waals surface area contributed by atoms with Gasteiger partial charge in [-0.25, -0.2) is 8.78 Å². The third-order valence-electron chi connectivity index (χ3n) is 3.25. The molecule has 0 bridgehead atoms. The van der Waals surface area contributed by atoms with Gasteiger partial charge in [0.15, 0.2) is 0 Å². The van der Waals surface area contributed by atoms with Gasteiger partial charge < -0.3 is 0 Å². The first-order chi connectivity index (χ1) is 9.92. The predicted molar refractivity (Wildman–Crippen MR) is 81.3 cm³/mol. The summed E-state index contributed by atoms with van der Waals surface area (Å²) in [7, 11) is 0. The number of benzene rings is 2. The fraction of sp³-hybridized carbons (Fsp3) is 0.200. The summed E-state index contributed by atoms with van der Waals surface area (Å²) in [5.74, 6) is 4.17. The summed E-state index contributed by atoms with van der Waals surface area (Å²) in [5.41, 5.74) is 4.41. The van der Waals surface area contributed by atoms with Crippen molar-refractivity contribution in [3.05, 3.63) is 68.7 Å². The third-order valence-corrected chi connectivity index (χ3v) is 3.89. The lowest BCUT2D eigenvalue weighted by Gasteiger charge is -2.18. The Morgan fingerprint density at radius 1 is 1.10 bits per heavy atom. The van der Waals surface area contributed by atoms with Crippen LogP contribution in [0.4, 0.5) is 8.78 Å². The van der Waals surface area contributed by atoms with E-state index in [0.29, 0.717) is 11.4 Å². The van der Waals surface area contributed by atoms with Crippen LogP contribution in [0.15, 0.2) is 30.3 Å². The molecule has 0 aliphatic rings. The average molecular weight is 331 g/mol. The van der Waals surface area contributed by atoms with Crippen LogP contribution < -0.4 is 11.3 Å². The number of aryl methyl sites for hydroxylation is 1. The van der Waals surface area contributed by atoms with Crippen molar-refractivity contribution in [3.8, 4) is 0 Å². The van der Waals surface area contributed by atoms with Gasteiger partial charge >= 0.3 is 0 Å². The molecule has 0 heterocycles. The Hall–Kier alpha value is -1.20. The van der Waals surface area contributed by atoms with E-state index in [9.17, 15) is 8.78 Å². The van der Waals surface area contributed by atoms with E-state index in [1.165, 1.54) is 0 Å². The molecule has 112 valence electrons. The highest BCUT2D eigenvalue weighted by molar-refractivity contribution is 6.31. The molecule has 1 atom stereocenters. The highest BCUT2D eigenvalue weighted by Crippen LogP contribution is 2.28. The van der Waals surface area contributed by atoms with Crippen LogP contribution in [-0.2, 0) is 6.42 Å². The quantitative estimate of drug-likeness (QED) is 0.497. The second-order valence-electron chi connectivity index (χ2n) is 4.81. The molecule has 2 nitrogen and oxygen atoms in total. The van der Waals surface area contributed by atoms with Crippen LogP contribution in [0.5, 0.6) is 0 Å². The van der Waals surface area contributed by atoms with E-state index in [0.717, 1.165) is 23.3 Å². The van der Waals surface area contributed by atoms with Crippen molar-refractivity contribution >= 4 is 23.2 Å². The number of hydrogen-bond acceptors (Lipinski definition) is 2. The maximum atomic E-state index is 14.0. The minimum atomic E-state index is -0.691.